The van der Waals surface area contributed by atoms with Gasteiger partial charge in [0, 0.05) is 25.0 Å². The van der Waals surface area contributed by atoms with Crippen LogP contribution in [-0.4, -0.2) is 45.8 Å². The van der Waals surface area contributed by atoms with E-state index < -0.39 is 5.76 Å². The molecule has 0 radical (unpaired) electrons. The van der Waals surface area contributed by atoms with E-state index in [4.69, 9.17) is 8.83 Å². The predicted molar refractivity (Wildman–Crippen MR) is 133 cm³/mol. The van der Waals surface area contributed by atoms with Gasteiger partial charge in [-0.3, -0.25) is 9.36 Å². The van der Waals surface area contributed by atoms with Crippen molar-refractivity contribution in [3.63, 3.8) is 0 Å². The number of hydrogen-bond donors (Lipinski definition) is 1. The monoisotopic (exact) mass is 471 g/mol. The van der Waals surface area contributed by atoms with Crippen molar-refractivity contribution >= 4 is 22.7 Å². The molecule has 9 nitrogen and oxygen atoms in total. The summed E-state index contributed by atoms with van der Waals surface area (Å²) >= 11 is 0. The van der Waals surface area contributed by atoms with Crippen LogP contribution in [-0.2, 0) is 6.54 Å². The van der Waals surface area contributed by atoms with Gasteiger partial charge in [-0.15, -0.1) is 0 Å². The molecule has 1 amide bonds. The van der Waals surface area contributed by atoms with Crippen molar-refractivity contribution in [2.45, 2.75) is 13.5 Å². The number of aryl methyl sites for hydroxylation is 1. The van der Waals surface area contributed by atoms with Crippen molar-refractivity contribution < 1.29 is 13.6 Å². The highest BCUT2D eigenvalue weighted by Crippen LogP contribution is 2.27. The van der Waals surface area contributed by atoms with E-state index >= 15 is 0 Å². The summed E-state index contributed by atoms with van der Waals surface area (Å²) in [5.74, 6) is 0.457. The molecule has 3 heterocycles. The molecule has 0 aliphatic rings. The van der Waals surface area contributed by atoms with Gasteiger partial charge in [-0.1, -0.05) is 18.2 Å². The van der Waals surface area contributed by atoms with Gasteiger partial charge in [-0.2, -0.15) is 5.10 Å². The number of furan rings is 1. The quantitative estimate of drug-likeness (QED) is 0.383. The van der Waals surface area contributed by atoms with Crippen molar-refractivity contribution in [1.29, 1.82) is 0 Å². The smallest absolute Gasteiger partial charge is 0.419 e. The standard InChI is InChI=1S/C26H25N5O4/c1-17-9-11-23(34-17)24-20(16-31(28-24)19-7-5-4-6-8-19)25(32)27-18-10-12-22-21(15-18)30(26(33)35-22)14-13-29(2)3/h4-12,15-16H,13-14H2,1-3H3,(H,27,32). The van der Waals surface area contributed by atoms with Crippen LogP contribution in [0.4, 0.5) is 5.69 Å². The molecule has 5 rings (SSSR count). The summed E-state index contributed by atoms with van der Waals surface area (Å²) in [7, 11) is 3.87. The molecule has 0 unspecified atom stereocenters. The summed E-state index contributed by atoms with van der Waals surface area (Å²) in [6, 6.07) is 18.3. The van der Waals surface area contributed by atoms with E-state index in [0.29, 0.717) is 46.9 Å². The van der Waals surface area contributed by atoms with Gasteiger partial charge in [0.15, 0.2) is 11.3 Å². The summed E-state index contributed by atoms with van der Waals surface area (Å²) < 4.78 is 14.3. The fraction of sp³-hybridized carbons (Fsp3) is 0.192. The maximum atomic E-state index is 13.4. The van der Waals surface area contributed by atoms with Crippen molar-refractivity contribution in [2.24, 2.45) is 0 Å². The summed E-state index contributed by atoms with van der Waals surface area (Å²) in [4.78, 5) is 27.7. The third kappa shape index (κ3) is 4.53. The Labute approximate surface area is 201 Å². The molecule has 0 fully saturated rings. The molecule has 9 heteroatoms. The summed E-state index contributed by atoms with van der Waals surface area (Å²) in [5, 5.41) is 7.56. The minimum atomic E-state index is -0.426. The summed E-state index contributed by atoms with van der Waals surface area (Å²) in [5.41, 5.74) is 3.25. The molecular weight excluding hydrogens is 446 g/mol. The molecule has 0 saturated carbocycles. The lowest BCUT2D eigenvalue weighted by molar-refractivity contribution is 0.102. The van der Waals surface area contributed by atoms with Gasteiger partial charge in [0.1, 0.15) is 11.5 Å². The first-order valence-electron chi connectivity index (χ1n) is 11.2. The number of fused-ring (bicyclic) bond motifs is 1. The highest BCUT2D eigenvalue weighted by Gasteiger charge is 2.21. The third-order valence-corrected chi connectivity index (χ3v) is 5.65. The molecule has 3 aromatic heterocycles. The van der Waals surface area contributed by atoms with Crippen LogP contribution in [0.1, 0.15) is 16.1 Å². The number of nitrogens with one attached hydrogen (secondary N) is 1. The Morgan fingerprint density at radius 1 is 1.06 bits per heavy atom. The van der Waals surface area contributed by atoms with Crippen LogP contribution < -0.4 is 11.1 Å². The number of carbonyl (C=O) groups excluding carboxylic acids is 1. The molecule has 2 aromatic carbocycles. The van der Waals surface area contributed by atoms with Gasteiger partial charge >= 0.3 is 5.76 Å². The molecular formula is C26H25N5O4. The summed E-state index contributed by atoms with van der Waals surface area (Å²) in [6.45, 7) is 2.99. The Balaban J connectivity index is 1.50. The van der Waals surface area contributed by atoms with E-state index in [1.54, 1.807) is 39.7 Å². The molecule has 0 aliphatic heterocycles. The minimum Gasteiger partial charge on any atom is -0.460 e. The topological polar surface area (TPSA) is 98.4 Å². The average Bonchev–Trinajstić information content (AvgIpc) is 3.54. The molecule has 0 spiro atoms. The van der Waals surface area contributed by atoms with Gasteiger partial charge < -0.3 is 19.1 Å². The van der Waals surface area contributed by atoms with Crippen LogP contribution in [0.3, 0.4) is 0 Å². The first-order valence-corrected chi connectivity index (χ1v) is 11.2. The second-order valence-electron chi connectivity index (χ2n) is 8.54. The van der Waals surface area contributed by atoms with Crippen LogP contribution >= 0.6 is 0 Å². The Kier molecular flexibility index (Phi) is 5.84. The van der Waals surface area contributed by atoms with Gasteiger partial charge in [0.05, 0.1) is 16.8 Å². The predicted octanol–water partition coefficient (Wildman–Crippen LogP) is 4.16. The van der Waals surface area contributed by atoms with E-state index in [9.17, 15) is 9.59 Å². The lowest BCUT2D eigenvalue weighted by Crippen LogP contribution is -2.23. The zero-order valence-corrected chi connectivity index (χ0v) is 19.7. The van der Waals surface area contributed by atoms with Crippen molar-refractivity contribution in [1.82, 2.24) is 19.2 Å². The number of carbonyl (C=O) groups is 1. The Hall–Kier alpha value is -4.37. The number of oxazole rings is 1. The maximum Gasteiger partial charge on any atom is 0.419 e. The van der Waals surface area contributed by atoms with E-state index in [0.717, 1.165) is 11.4 Å². The Morgan fingerprint density at radius 3 is 2.57 bits per heavy atom. The van der Waals surface area contributed by atoms with Crippen LogP contribution in [0.2, 0.25) is 0 Å². The van der Waals surface area contributed by atoms with Crippen LogP contribution in [0.15, 0.2) is 80.5 Å². The van der Waals surface area contributed by atoms with Gasteiger partial charge in [0.25, 0.3) is 5.91 Å². The second kappa shape index (κ2) is 9.11. The minimum absolute atomic E-state index is 0.346. The average molecular weight is 472 g/mol. The first-order chi connectivity index (χ1) is 16.9. The maximum absolute atomic E-state index is 13.4. The van der Waals surface area contributed by atoms with Crippen molar-refractivity contribution in [3.05, 3.63) is 88.7 Å². The van der Waals surface area contributed by atoms with Gasteiger partial charge in [-0.25, -0.2) is 9.48 Å². The van der Waals surface area contributed by atoms with Crippen molar-refractivity contribution in [3.8, 4) is 17.1 Å². The van der Waals surface area contributed by atoms with E-state index in [1.807, 2.05) is 62.3 Å². The fourth-order valence-corrected chi connectivity index (χ4v) is 3.85. The second-order valence-corrected chi connectivity index (χ2v) is 8.54. The molecule has 0 aliphatic carbocycles. The zero-order chi connectivity index (χ0) is 24.5. The number of aromatic nitrogens is 3. The lowest BCUT2D eigenvalue weighted by Gasteiger charge is -2.10. The first kappa shape index (κ1) is 22.4. The molecule has 0 bridgehead atoms. The molecule has 178 valence electrons. The number of rotatable bonds is 7. The number of benzene rings is 2. The normalized spacial score (nSPS) is 11.4. The molecule has 35 heavy (non-hydrogen) atoms. The zero-order valence-electron chi connectivity index (χ0n) is 19.7. The number of amides is 1. The number of para-hydroxylation sites is 1. The molecule has 0 saturated heterocycles. The van der Waals surface area contributed by atoms with Crippen LogP contribution in [0.5, 0.6) is 0 Å². The molecule has 0 atom stereocenters. The Morgan fingerprint density at radius 2 is 1.86 bits per heavy atom. The number of nitrogens with zero attached hydrogens (tertiary/aromatic N) is 4. The van der Waals surface area contributed by atoms with E-state index in [2.05, 4.69) is 10.4 Å². The number of likely N-dealkylation sites (N-methyl/N-ethyl adjacent to an activating group) is 1. The van der Waals surface area contributed by atoms with Crippen molar-refractivity contribution in [2.75, 3.05) is 26.0 Å². The van der Waals surface area contributed by atoms with Gasteiger partial charge in [-0.05, 0) is 63.5 Å². The SMILES string of the molecule is Cc1ccc(-c2nn(-c3ccccc3)cc2C(=O)Nc2ccc3oc(=O)n(CCN(C)C)c3c2)o1. The van der Waals surface area contributed by atoms with Gasteiger partial charge in [0.2, 0.25) is 0 Å². The highest BCUT2D eigenvalue weighted by molar-refractivity contribution is 6.08. The third-order valence-electron chi connectivity index (χ3n) is 5.65. The molecule has 5 aromatic rings. The van der Waals surface area contributed by atoms with Crippen LogP contribution in [0, 0.1) is 6.92 Å². The largest absolute Gasteiger partial charge is 0.460 e. The van der Waals surface area contributed by atoms with Crippen LogP contribution in [0.25, 0.3) is 28.2 Å². The Bertz CT molecular complexity index is 1560. The number of anilines is 1. The summed E-state index contributed by atoms with van der Waals surface area (Å²) in [6.07, 6.45) is 1.68. The highest BCUT2D eigenvalue weighted by atomic mass is 16.4. The fourth-order valence-electron chi connectivity index (χ4n) is 3.85. The van der Waals surface area contributed by atoms with E-state index in [-0.39, 0.29) is 5.91 Å². The number of hydrogen-bond acceptors (Lipinski definition) is 6. The van der Waals surface area contributed by atoms with E-state index in [1.165, 1.54) is 0 Å². The lowest BCUT2D eigenvalue weighted by atomic mass is 10.2. The molecule has 1 N–H and O–H groups in total.